The van der Waals surface area contributed by atoms with Crippen molar-refractivity contribution in [1.82, 2.24) is 9.55 Å². The van der Waals surface area contributed by atoms with E-state index in [1.807, 2.05) is 4.57 Å². The molecule has 15 heavy (non-hydrogen) atoms. The van der Waals surface area contributed by atoms with Crippen molar-refractivity contribution < 1.29 is 8.78 Å². The number of hydrogen-bond acceptors (Lipinski definition) is 2. The molecule has 1 aliphatic rings. The summed E-state index contributed by atoms with van der Waals surface area (Å²) in [6.07, 6.45) is 0.941. The first-order valence-corrected chi connectivity index (χ1v) is 4.85. The Kier molecular flexibility index (Phi) is 1.68. The molecular weight excluding hydrogens is 200 g/mol. The Bertz CT molecular complexity index is 533. The summed E-state index contributed by atoms with van der Waals surface area (Å²) in [4.78, 5) is 4.10. The zero-order valence-corrected chi connectivity index (χ0v) is 7.93. The van der Waals surface area contributed by atoms with Crippen LogP contribution in [-0.2, 0) is 6.54 Å². The fourth-order valence-corrected chi connectivity index (χ4v) is 1.95. The lowest BCUT2D eigenvalue weighted by atomic mass is 10.3. The molecule has 0 unspecified atom stereocenters. The van der Waals surface area contributed by atoms with Crippen molar-refractivity contribution in [2.24, 2.45) is 0 Å². The van der Waals surface area contributed by atoms with Gasteiger partial charge in [-0.05, 0) is 6.42 Å². The summed E-state index contributed by atoms with van der Waals surface area (Å²) < 4.78 is 28.2. The molecule has 1 N–H and O–H groups in total. The monoisotopic (exact) mass is 209 g/mol. The van der Waals surface area contributed by atoms with Crippen LogP contribution in [-0.4, -0.2) is 16.1 Å². The van der Waals surface area contributed by atoms with E-state index >= 15 is 0 Å². The number of nitrogens with zero attached hydrogens (tertiary/aromatic N) is 2. The number of hydrogen-bond donors (Lipinski definition) is 1. The lowest BCUT2D eigenvalue weighted by Crippen LogP contribution is -2.16. The fourth-order valence-electron chi connectivity index (χ4n) is 1.95. The number of imidazole rings is 1. The van der Waals surface area contributed by atoms with Crippen LogP contribution in [0.5, 0.6) is 0 Å². The molecule has 0 aliphatic carbocycles. The van der Waals surface area contributed by atoms with Gasteiger partial charge in [-0.15, -0.1) is 0 Å². The number of benzene rings is 1. The second-order valence-corrected chi connectivity index (χ2v) is 3.62. The summed E-state index contributed by atoms with van der Waals surface area (Å²) in [5, 5.41) is 3.06. The van der Waals surface area contributed by atoms with Gasteiger partial charge in [-0.3, -0.25) is 0 Å². The van der Waals surface area contributed by atoms with Gasteiger partial charge in [-0.1, -0.05) is 0 Å². The summed E-state index contributed by atoms with van der Waals surface area (Å²) in [6, 6.07) is 2.18. The molecular formula is C10H9F2N3. The second-order valence-electron chi connectivity index (χ2n) is 3.62. The van der Waals surface area contributed by atoms with E-state index in [0.717, 1.165) is 25.6 Å². The highest BCUT2D eigenvalue weighted by atomic mass is 19.1. The van der Waals surface area contributed by atoms with E-state index < -0.39 is 11.6 Å². The maximum absolute atomic E-state index is 13.4. The third kappa shape index (κ3) is 1.19. The summed E-state index contributed by atoms with van der Waals surface area (Å²) >= 11 is 0. The standard InChI is InChI=1S/C10H9F2N3/c11-6-4-7(12)9-8(5-6)15-3-1-2-13-10(15)14-9/h4-5H,1-3H2,(H,13,14). The predicted octanol–water partition coefficient (Wildman–Crippen LogP) is 2.13. The van der Waals surface area contributed by atoms with Crippen LogP contribution in [0.25, 0.3) is 11.0 Å². The van der Waals surface area contributed by atoms with Gasteiger partial charge in [-0.25, -0.2) is 13.8 Å². The number of aromatic nitrogens is 2. The molecule has 1 aromatic heterocycles. The van der Waals surface area contributed by atoms with E-state index in [1.54, 1.807) is 0 Å². The first-order chi connectivity index (χ1) is 7.25. The van der Waals surface area contributed by atoms with Gasteiger partial charge in [-0.2, -0.15) is 0 Å². The number of aryl methyl sites for hydroxylation is 1. The zero-order chi connectivity index (χ0) is 10.4. The molecule has 0 bridgehead atoms. The van der Waals surface area contributed by atoms with Gasteiger partial charge < -0.3 is 9.88 Å². The summed E-state index contributed by atoms with van der Waals surface area (Å²) in [7, 11) is 0. The van der Waals surface area contributed by atoms with Crippen LogP contribution in [0.4, 0.5) is 14.7 Å². The largest absolute Gasteiger partial charge is 0.356 e. The molecule has 3 rings (SSSR count). The van der Waals surface area contributed by atoms with Crippen molar-refractivity contribution in [1.29, 1.82) is 0 Å². The molecule has 1 aliphatic heterocycles. The zero-order valence-electron chi connectivity index (χ0n) is 7.93. The minimum atomic E-state index is -0.603. The molecule has 1 aromatic carbocycles. The Balaban J connectivity index is 2.37. The van der Waals surface area contributed by atoms with Crippen molar-refractivity contribution in [2.45, 2.75) is 13.0 Å². The highest BCUT2D eigenvalue weighted by molar-refractivity contribution is 5.79. The van der Waals surface area contributed by atoms with E-state index in [1.165, 1.54) is 6.07 Å². The minimum absolute atomic E-state index is 0.237. The molecule has 0 radical (unpaired) electrons. The van der Waals surface area contributed by atoms with Crippen molar-refractivity contribution >= 4 is 17.0 Å². The number of halogens is 2. The van der Waals surface area contributed by atoms with Gasteiger partial charge in [0, 0.05) is 25.2 Å². The lowest BCUT2D eigenvalue weighted by molar-refractivity contribution is 0.589. The van der Waals surface area contributed by atoms with Gasteiger partial charge in [0.2, 0.25) is 5.95 Å². The van der Waals surface area contributed by atoms with Gasteiger partial charge in [0.05, 0.1) is 5.52 Å². The molecule has 2 aromatic rings. The molecule has 0 saturated heterocycles. The van der Waals surface area contributed by atoms with Crippen molar-refractivity contribution in [3.05, 3.63) is 23.8 Å². The smallest absolute Gasteiger partial charge is 0.203 e. The lowest BCUT2D eigenvalue weighted by Gasteiger charge is -2.15. The molecule has 0 saturated carbocycles. The summed E-state index contributed by atoms with van der Waals surface area (Å²) in [5.41, 5.74) is 0.760. The number of fused-ring (bicyclic) bond motifs is 3. The van der Waals surface area contributed by atoms with Crippen LogP contribution >= 0.6 is 0 Å². The second kappa shape index (κ2) is 2.92. The van der Waals surface area contributed by atoms with Gasteiger partial charge in [0.15, 0.2) is 5.82 Å². The third-order valence-electron chi connectivity index (χ3n) is 2.61. The molecule has 0 spiro atoms. The SMILES string of the molecule is Fc1cc(F)c2nc3n(c2c1)CCCN3. The van der Waals surface area contributed by atoms with Crippen LogP contribution in [0, 0.1) is 11.6 Å². The predicted molar refractivity (Wildman–Crippen MR) is 52.8 cm³/mol. The van der Waals surface area contributed by atoms with Crippen LogP contribution in [0.1, 0.15) is 6.42 Å². The molecule has 3 nitrogen and oxygen atoms in total. The Morgan fingerprint density at radius 1 is 1.33 bits per heavy atom. The van der Waals surface area contributed by atoms with Crippen LogP contribution < -0.4 is 5.32 Å². The number of nitrogens with one attached hydrogen (secondary N) is 1. The van der Waals surface area contributed by atoms with E-state index in [-0.39, 0.29) is 5.52 Å². The average molecular weight is 209 g/mol. The first-order valence-electron chi connectivity index (χ1n) is 4.85. The van der Waals surface area contributed by atoms with E-state index in [0.29, 0.717) is 11.5 Å². The van der Waals surface area contributed by atoms with Gasteiger partial charge in [0.25, 0.3) is 0 Å². The molecule has 78 valence electrons. The van der Waals surface area contributed by atoms with Gasteiger partial charge >= 0.3 is 0 Å². The third-order valence-corrected chi connectivity index (χ3v) is 2.61. The summed E-state index contributed by atoms with van der Waals surface area (Å²) in [6.45, 7) is 1.58. The fraction of sp³-hybridized carbons (Fsp3) is 0.300. The van der Waals surface area contributed by atoms with Crippen LogP contribution in [0.2, 0.25) is 0 Å². The molecule has 0 amide bonds. The van der Waals surface area contributed by atoms with Crippen molar-refractivity contribution in [2.75, 3.05) is 11.9 Å². The maximum atomic E-state index is 13.4. The normalized spacial score (nSPS) is 15.1. The quantitative estimate of drug-likeness (QED) is 0.720. The van der Waals surface area contributed by atoms with Crippen LogP contribution in [0.3, 0.4) is 0 Å². The summed E-state index contributed by atoms with van der Waals surface area (Å²) in [5.74, 6) is -0.539. The first kappa shape index (κ1) is 8.64. The topological polar surface area (TPSA) is 29.9 Å². The minimum Gasteiger partial charge on any atom is -0.356 e. The molecule has 0 fully saturated rings. The highest BCUT2D eigenvalue weighted by Gasteiger charge is 2.17. The van der Waals surface area contributed by atoms with Crippen molar-refractivity contribution in [3.8, 4) is 0 Å². The Morgan fingerprint density at radius 2 is 2.20 bits per heavy atom. The van der Waals surface area contributed by atoms with E-state index in [2.05, 4.69) is 10.3 Å². The van der Waals surface area contributed by atoms with E-state index in [9.17, 15) is 8.78 Å². The van der Waals surface area contributed by atoms with Crippen molar-refractivity contribution in [3.63, 3.8) is 0 Å². The molecule has 0 atom stereocenters. The highest BCUT2D eigenvalue weighted by Crippen LogP contribution is 2.25. The van der Waals surface area contributed by atoms with Crippen LogP contribution in [0.15, 0.2) is 12.1 Å². The molecule has 5 heteroatoms. The Hall–Kier alpha value is -1.65. The Morgan fingerprint density at radius 3 is 3.07 bits per heavy atom. The molecule has 2 heterocycles. The Labute approximate surface area is 84.7 Å². The number of rotatable bonds is 0. The maximum Gasteiger partial charge on any atom is 0.203 e. The van der Waals surface area contributed by atoms with Gasteiger partial charge in [0.1, 0.15) is 11.3 Å². The average Bonchev–Trinajstić information content (AvgIpc) is 2.57. The van der Waals surface area contributed by atoms with E-state index in [4.69, 9.17) is 0 Å². The number of anilines is 1.